The molecule has 1 aromatic rings. The number of hydrogen-bond acceptors (Lipinski definition) is 4. The molecule has 1 heterocycles. The third kappa shape index (κ3) is 1.69. The van der Waals surface area contributed by atoms with Gasteiger partial charge in [-0.15, -0.1) is 0 Å². The summed E-state index contributed by atoms with van der Waals surface area (Å²) in [6.45, 7) is 0. The Hall–Kier alpha value is -1.21. The Morgan fingerprint density at radius 1 is 1.42 bits per heavy atom. The van der Waals surface area contributed by atoms with Gasteiger partial charge >= 0.3 is 6.18 Å². The number of halogens is 3. The Morgan fingerprint density at radius 2 is 2.00 bits per heavy atom. The Balaban J connectivity index is 2.92. The van der Waals surface area contributed by atoms with Crippen LogP contribution >= 0.6 is 0 Å². The smallest absolute Gasteiger partial charge is 0.449 e. The molecule has 0 aromatic carbocycles. The van der Waals surface area contributed by atoms with Crippen LogP contribution in [0.15, 0.2) is 16.5 Å². The quantitative estimate of drug-likeness (QED) is 0.674. The van der Waals surface area contributed by atoms with E-state index in [1.807, 2.05) is 0 Å². The molecule has 12 heavy (non-hydrogen) atoms. The summed E-state index contributed by atoms with van der Waals surface area (Å²) in [6.07, 6.45) is -4.64. The fraction of sp³-hybridized carbons (Fsp3) is 0.200. The van der Waals surface area contributed by atoms with Crippen LogP contribution in [0.2, 0.25) is 0 Å². The molecule has 0 saturated heterocycles. The van der Waals surface area contributed by atoms with E-state index in [0.717, 1.165) is 6.07 Å². The third-order valence-corrected chi connectivity index (χ3v) is 1.06. The van der Waals surface area contributed by atoms with Crippen LogP contribution in [0, 0.1) is 5.21 Å². The molecule has 0 aliphatic rings. The van der Waals surface area contributed by atoms with E-state index in [0.29, 0.717) is 6.07 Å². The van der Waals surface area contributed by atoms with Gasteiger partial charge < -0.3 is 9.62 Å². The lowest BCUT2D eigenvalue weighted by atomic mass is 10.4. The van der Waals surface area contributed by atoms with E-state index in [9.17, 15) is 18.4 Å². The van der Waals surface area contributed by atoms with E-state index in [1.165, 1.54) is 0 Å². The van der Waals surface area contributed by atoms with Crippen molar-refractivity contribution in [1.29, 1.82) is 0 Å². The van der Waals surface area contributed by atoms with E-state index >= 15 is 0 Å². The highest BCUT2D eigenvalue weighted by atomic mass is 19.4. The second kappa shape index (κ2) is 2.68. The minimum absolute atomic E-state index is 0.552. The minimum atomic E-state index is -4.64. The Kier molecular flexibility index (Phi) is 1.99. The molecule has 1 aromatic heterocycles. The molecule has 0 saturated carbocycles. The van der Waals surface area contributed by atoms with Crippen LogP contribution in [0.25, 0.3) is 0 Å². The predicted octanol–water partition coefficient (Wildman–Crippen LogP) is 1.99. The van der Waals surface area contributed by atoms with E-state index in [2.05, 4.69) is 4.42 Å². The molecule has 1 N–H and O–H groups in total. The molecule has 0 radical (unpaired) electrons. The molecule has 0 fully saturated rings. The van der Waals surface area contributed by atoms with Gasteiger partial charge in [-0.1, -0.05) is 0 Å². The second-order valence-electron chi connectivity index (χ2n) is 1.91. The normalized spacial score (nSPS) is 11.8. The predicted molar refractivity (Wildman–Crippen MR) is 31.3 cm³/mol. The van der Waals surface area contributed by atoms with Gasteiger partial charge in [-0.2, -0.15) is 13.2 Å². The van der Waals surface area contributed by atoms with Crippen molar-refractivity contribution in [1.82, 2.24) is 0 Å². The molecular weight excluding hydrogens is 179 g/mol. The van der Waals surface area contributed by atoms with Crippen LogP contribution in [0.1, 0.15) is 5.76 Å². The van der Waals surface area contributed by atoms with Gasteiger partial charge in [0.1, 0.15) is 0 Å². The Labute approximate surface area is 64.3 Å². The lowest BCUT2D eigenvalue weighted by molar-refractivity contribution is -0.152. The zero-order valence-electron chi connectivity index (χ0n) is 5.50. The second-order valence-corrected chi connectivity index (χ2v) is 1.91. The molecule has 0 bridgehead atoms. The van der Waals surface area contributed by atoms with Crippen molar-refractivity contribution in [2.45, 2.75) is 6.18 Å². The van der Waals surface area contributed by atoms with Gasteiger partial charge in [-0.25, -0.2) is 0 Å². The van der Waals surface area contributed by atoms with Crippen molar-refractivity contribution in [3.05, 3.63) is 23.1 Å². The fourth-order valence-electron chi connectivity index (χ4n) is 0.583. The highest BCUT2D eigenvalue weighted by Crippen LogP contribution is 2.32. The summed E-state index contributed by atoms with van der Waals surface area (Å²) in [7, 11) is 0. The number of furan rings is 1. The van der Waals surface area contributed by atoms with Crippen LogP contribution in [-0.2, 0) is 6.18 Å². The molecule has 0 aliphatic carbocycles. The monoisotopic (exact) mass is 182 g/mol. The first-order valence-corrected chi connectivity index (χ1v) is 2.74. The molecule has 1 rings (SSSR count). The summed E-state index contributed by atoms with van der Waals surface area (Å²) in [5, 5.41) is 17.3. The molecule has 4 nitrogen and oxygen atoms in total. The molecule has 68 valence electrons. The standard InChI is InChI=1S/C5H3F3NO3/c6-5(7,8)3-1-2-4(12-3)9(10)11/h1-2,10H/q-1. The SMILES string of the molecule is [O-]N(O)c1ccc(C(F)(F)F)o1. The van der Waals surface area contributed by atoms with E-state index in [1.54, 1.807) is 0 Å². The Bertz CT molecular complexity index is 267. The van der Waals surface area contributed by atoms with Crippen molar-refractivity contribution in [3.63, 3.8) is 0 Å². The van der Waals surface area contributed by atoms with E-state index in [-0.39, 0.29) is 0 Å². The average molecular weight is 182 g/mol. The molecule has 0 unspecified atom stereocenters. The van der Waals surface area contributed by atoms with Crippen LogP contribution in [0.3, 0.4) is 0 Å². The number of anilines is 1. The van der Waals surface area contributed by atoms with Crippen molar-refractivity contribution in [2.24, 2.45) is 0 Å². The molecule has 0 aliphatic heterocycles. The van der Waals surface area contributed by atoms with Crippen LogP contribution in [0.5, 0.6) is 0 Å². The summed E-state index contributed by atoms with van der Waals surface area (Å²) < 4.78 is 39.3. The van der Waals surface area contributed by atoms with Crippen molar-refractivity contribution < 1.29 is 22.8 Å². The zero-order chi connectivity index (χ0) is 9.35. The number of rotatable bonds is 1. The fourth-order valence-corrected chi connectivity index (χ4v) is 0.583. The van der Waals surface area contributed by atoms with Crippen molar-refractivity contribution in [2.75, 3.05) is 5.23 Å². The van der Waals surface area contributed by atoms with Crippen LogP contribution in [0.4, 0.5) is 19.1 Å². The van der Waals surface area contributed by atoms with Gasteiger partial charge in [-0.3, -0.25) is 10.4 Å². The number of nitrogens with zero attached hydrogens (tertiary/aromatic N) is 1. The summed E-state index contributed by atoms with van der Waals surface area (Å²) in [4.78, 5) is 0. The first-order valence-electron chi connectivity index (χ1n) is 2.74. The molecule has 0 atom stereocenters. The summed E-state index contributed by atoms with van der Waals surface area (Å²) in [5.74, 6) is -2.13. The van der Waals surface area contributed by atoms with E-state index in [4.69, 9.17) is 5.21 Å². The molecular formula is C5H3F3NO3-. The lowest BCUT2D eigenvalue weighted by Gasteiger charge is -2.17. The first-order chi connectivity index (χ1) is 5.41. The Morgan fingerprint density at radius 3 is 2.25 bits per heavy atom. The van der Waals surface area contributed by atoms with Crippen LogP contribution < -0.4 is 5.23 Å². The van der Waals surface area contributed by atoms with Gasteiger partial charge in [0, 0.05) is 6.07 Å². The third-order valence-electron chi connectivity index (χ3n) is 1.06. The lowest BCUT2D eigenvalue weighted by Crippen LogP contribution is -2.06. The molecule has 0 amide bonds. The van der Waals surface area contributed by atoms with Gasteiger partial charge in [0.2, 0.25) is 11.6 Å². The maximum atomic E-state index is 11.8. The largest absolute Gasteiger partial charge is 0.731 e. The topological polar surface area (TPSA) is 59.7 Å². The zero-order valence-corrected chi connectivity index (χ0v) is 5.50. The maximum Gasteiger partial charge on any atom is 0.449 e. The summed E-state index contributed by atoms with van der Waals surface area (Å²) in [5.41, 5.74) is 0. The summed E-state index contributed by atoms with van der Waals surface area (Å²) in [6, 6.07) is 1.27. The highest BCUT2D eigenvalue weighted by Gasteiger charge is 2.34. The van der Waals surface area contributed by atoms with Gasteiger partial charge in [0.05, 0.1) is 0 Å². The molecule has 0 spiro atoms. The number of alkyl halides is 3. The van der Waals surface area contributed by atoms with Gasteiger partial charge in [0.15, 0.2) is 0 Å². The maximum absolute atomic E-state index is 11.8. The minimum Gasteiger partial charge on any atom is -0.731 e. The van der Waals surface area contributed by atoms with Crippen molar-refractivity contribution >= 4 is 5.88 Å². The van der Waals surface area contributed by atoms with Gasteiger partial charge in [0.25, 0.3) is 0 Å². The number of hydrogen-bond donors (Lipinski definition) is 1. The first kappa shape index (κ1) is 8.88. The summed E-state index contributed by atoms with van der Waals surface area (Å²) >= 11 is 0. The van der Waals surface area contributed by atoms with E-state index < -0.39 is 23.0 Å². The van der Waals surface area contributed by atoms with Crippen molar-refractivity contribution in [3.8, 4) is 0 Å². The molecule has 7 heteroatoms. The van der Waals surface area contributed by atoms with Crippen LogP contribution in [-0.4, -0.2) is 5.21 Å². The highest BCUT2D eigenvalue weighted by molar-refractivity contribution is 5.33. The van der Waals surface area contributed by atoms with Gasteiger partial charge in [-0.05, 0) is 6.07 Å². The average Bonchev–Trinajstić information content (AvgIpc) is 2.30.